The van der Waals surface area contributed by atoms with Gasteiger partial charge in [0.1, 0.15) is 11.7 Å². The van der Waals surface area contributed by atoms with E-state index in [2.05, 4.69) is 0 Å². The van der Waals surface area contributed by atoms with Crippen LogP contribution >= 0.6 is 11.6 Å². The largest absolute Gasteiger partial charge is 0.350 e. The van der Waals surface area contributed by atoms with Crippen molar-refractivity contribution in [2.24, 2.45) is 0 Å². The summed E-state index contributed by atoms with van der Waals surface area (Å²) < 4.78 is 0. The number of rotatable bonds is 2. The van der Waals surface area contributed by atoms with E-state index in [1.165, 1.54) is 4.90 Å². The van der Waals surface area contributed by atoms with Gasteiger partial charge in [0.05, 0.1) is 0 Å². The molecule has 0 aliphatic carbocycles. The fraction of sp³-hybridized carbons (Fsp3) is 0.364. The fourth-order valence-corrected chi connectivity index (χ4v) is 2.09. The van der Waals surface area contributed by atoms with Gasteiger partial charge >= 0.3 is 6.03 Å². The van der Waals surface area contributed by atoms with E-state index in [-0.39, 0.29) is 0 Å². The minimum absolute atomic E-state index is 0.528. The van der Waals surface area contributed by atoms with Crippen molar-refractivity contribution in [3.05, 3.63) is 29.3 Å². The van der Waals surface area contributed by atoms with Gasteiger partial charge in [-0.05, 0) is 38.1 Å². The number of carbonyl (C=O) groups excluding carboxylic acids is 1. The summed E-state index contributed by atoms with van der Waals surface area (Å²) in [4.78, 5) is 13.3. The molecule has 98 valence electrons. The van der Waals surface area contributed by atoms with Crippen molar-refractivity contribution in [2.75, 3.05) is 4.90 Å². The average Bonchev–Trinajstić information content (AvgIpc) is 2.51. The number of hydroxylamine groups is 3. The van der Waals surface area contributed by atoms with Gasteiger partial charge in [0.25, 0.3) is 0 Å². The van der Waals surface area contributed by atoms with Crippen molar-refractivity contribution < 1.29 is 15.2 Å². The molecule has 0 spiro atoms. The number of halogens is 1. The zero-order valence-electron chi connectivity index (χ0n) is 9.96. The van der Waals surface area contributed by atoms with Gasteiger partial charge in [0.15, 0.2) is 0 Å². The van der Waals surface area contributed by atoms with Gasteiger partial charge < -0.3 is 5.21 Å². The standard InChI is InChI=1S/C11H14ClN3O3/c1-11(2)9(13-17)14(10(16)15(11)18)8-5-3-7(12)4-6-8/h3-6,9,13,17-18H,1-2H3. The van der Waals surface area contributed by atoms with Gasteiger partial charge in [-0.3, -0.25) is 10.1 Å². The molecule has 0 aromatic heterocycles. The maximum absolute atomic E-state index is 12.0. The summed E-state index contributed by atoms with van der Waals surface area (Å²) in [5.41, 5.74) is 1.61. The molecule has 18 heavy (non-hydrogen) atoms. The molecular formula is C11H14ClN3O3. The first-order valence-electron chi connectivity index (χ1n) is 5.37. The van der Waals surface area contributed by atoms with E-state index in [1.54, 1.807) is 38.1 Å². The highest BCUT2D eigenvalue weighted by Crippen LogP contribution is 2.33. The fourth-order valence-electron chi connectivity index (χ4n) is 1.97. The van der Waals surface area contributed by atoms with Gasteiger partial charge in [-0.25, -0.2) is 4.79 Å². The molecule has 0 saturated carbocycles. The van der Waals surface area contributed by atoms with E-state index < -0.39 is 17.7 Å². The molecule has 3 N–H and O–H groups in total. The first kappa shape index (κ1) is 13.1. The number of nitrogens with zero attached hydrogens (tertiary/aromatic N) is 2. The van der Waals surface area contributed by atoms with Crippen LogP contribution < -0.4 is 10.4 Å². The first-order chi connectivity index (χ1) is 8.39. The number of hydrogen-bond donors (Lipinski definition) is 3. The van der Waals surface area contributed by atoms with Crippen molar-refractivity contribution in [1.82, 2.24) is 10.5 Å². The minimum atomic E-state index is -0.967. The Hall–Kier alpha value is -1.34. The SMILES string of the molecule is CC1(C)C(NO)N(c2ccc(Cl)cc2)C(=O)N1O. The number of benzene rings is 1. The van der Waals surface area contributed by atoms with E-state index in [4.69, 9.17) is 11.6 Å². The molecule has 6 nitrogen and oxygen atoms in total. The highest BCUT2D eigenvalue weighted by atomic mass is 35.5. The van der Waals surface area contributed by atoms with E-state index in [1.807, 2.05) is 5.48 Å². The first-order valence-corrected chi connectivity index (χ1v) is 5.75. The average molecular weight is 272 g/mol. The molecule has 1 atom stereocenters. The normalized spacial score (nSPS) is 22.7. The summed E-state index contributed by atoms with van der Waals surface area (Å²) in [6, 6.07) is 5.92. The van der Waals surface area contributed by atoms with Crippen LogP contribution in [-0.4, -0.2) is 33.2 Å². The third-order valence-electron chi connectivity index (χ3n) is 3.09. The Morgan fingerprint density at radius 2 is 1.89 bits per heavy atom. The zero-order chi connectivity index (χ0) is 13.5. The third kappa shape index (κ3) is 1.83. The van der Waals surface area contributed by atoms with Gasteiger partial charge in [-0.2, -0.15) is 10.5 Å². The second kappa shape index (κ2) is 4.40. The van der Waals surface area contributed by atoms with Gasteiger partial charge in [-0.15, -0.1) is 0 Å². The summed E-state index contributed by atoms with van der Waals surface area (Å²) in [7, 11) is 0. The smallest absolute Gasteiger partial charge is 0.315 e. The van der Waals surface area contributed by atoms with Crippen LogP contribution in [-0.2, 0) is 0 Å². The van der Waals surface area contributed by atoms with Crippen molar-refractivity contribution >= 4 is 23.3 Å². The maximum atomic E-state index is 12.0. The Morgan fingerprint density at radius 1 is 1.33 bits per heavy atom. The minimum Gasteiger partial charge on any atom is -0.315 e. The molecule has 1 aliphatic rings. The molecule has 1 saturated heterocycles. The maximum Gasteiger partial charge on any atom is 0.350 e. The molecular weight excluding hydrogens is 258 g/mol. The summed E-state index contributed by atoms with van der Waals surface area (Å²) in [6.45, 7) is 3.27. The van der Waals surface area contributed by atoms with Crippen LogP contribution in [0.15, 0.2) is 24.3 Å². The number of anilines is 1. The lowest BCUT2D eigenvalue weighted by molar-refractivity contribution is -0.110. The Kier molecular flexibility index (Phi) is 3.20. The van der Waals surface area contributed by atoms with Crippen LogP contribution in [0.4, 0.5) is 10.5 Å². The van der Waals surface area contributed by atoms with E-state index >= 15 is 0 Å². The van der Waals surface area contributed by atoms with Crippen molar-refractivity contribution in [2.45, 2.75) is 25.6 Å². The molecule has 1 heterocycles. The van der Waals surface area contributed by atoms with E-state index in [0.717, 1.165) is 0 Å². The Bertz CT molecular complexity index is 463. The monoisotopic (exact) mass is 271 g/mol. The number of carbonyl (C=O) groups is 1. The lowest BCUT2D eigenvalue weighted by Crippen LogP contribution is -2.53. The second-order valence-corrected chi connectivity index (χ2v) is 5.06. The molecule has 0 radical (unpaired) electrons. The Labute approximate surface area is 109 Å². The molecule has 1 aromatic carbocycles. The van der Waals surface area contributed by atoms with Crippen LogP contribution in [0.5, 0.6) is 0 Å². The molecule has 1 fully saturated rings. The summed E-state index contributed by atoms with van der Waals surface area (Å²) in [6.07, 6.45) is -0.767. The molecule has 2 amide bonds. The number of urea groups is 1. The van der Waals surface area contributed by atoms with Crippen molar-refractivity contribution in [3.8, 4) is 0 Å². The van der Waals surface area contributed by atoms with Crippen LogP contribution in [0.25, 0.3) is 0 Å². The molecule has 0 bridgehead atoms. The number of nitrogens with one attached hydrogen (secondary N) is 1. The predicted molar refractivity (Wildman–Crippen MR) is 65.7 cm³/mol. The van der Waals surface area contributed by atoms with Gasteiger partial charge in [0, 0.05) is 10.7 Å². The lowest BCUT2D eigenvalue weighted by atomic mass is 10.0. The zero-order valence-corrected chi connectivity index (χ0v) is 10.7. The molecule has 2 rings (SSSR count). The van der Waals surface area contributed by atoms with Gasteiger partial charge in [-0.1, -0.05) is 11.6 Å². The highest BCUT2D eigenvalue weighted by molar-refractivity contribution is 6.30. The lowest BCUT2D eigenvalue weighted by Gasteiger charge is -2.30. The van der Waals surface area contributed by atoms with Crippen LogP contribution in [0.1, 0.15) is 13.8 Å². The van der Waals surface area contributed by atoms with E-state index in [9.17, 15) is 15.2 Å². The van der Waals surface area contributed by atoms with E-state index in [0.29, 0.717) is 15.8 Å². The summed E-state index contributed by atoms with van der Waals surface area (Å²) in [5.74, 6) is 0. The van der Waals surface area contributed by atoms with Crippen LogP contribution in [0.2, 0.25) is 5.02 Å². The Balaban J connectivity index is 2.43. The quantitative estimate of drug-likeness (QED) is 0.568. The number of amides is 2. The third-order valence-corrected chi connectivity index (χ3v) is 3.34. The predicted octanol–water partition coefficient (Wildman–Crippen LogP) is 2.05. The molecule has 7 heteroatoms. The second-order valence-electron chi connectivity index (χ2n) is 4.63. The topological polar surface area (TPSA) is 76.0 Å². The molecule has 1 aromatic rings. The highest BCUT2D eigenvalue weighted by Gasteiger charge is 2.52. The van der Waals surface area contributed by atoms with Crippen LogP contribution in [0.3, 0.4) is 0 Å². The Morgan fingerprint density at radius 3 is 2.39 bits per heavy atom. The molecule has 1 unspecified atom stereocenters. The van der Waals surface area contributed by atoms with Crippen molar-refractivity contribution in [3.63, 3.8) is 0 Å². The summed E-state index contributed by atoms with van der Waals surface area (Å²) >= 11 is 5.78. The number of hydrogen-bond acceptors (Lipinski definition) is 4. The van der Waals surface area contributed by atoms with Crippen LogP contribution in [0, 0.1) is 0 Å². The van der Waals surface area contributed by atoms with Gasteiger partial charge in [0.2, 0.25) is 0 Å². The summed E-state index contributed by atoms with van der Waals surface area (Å²) in [5, 5.41) is 20.1. The molecule has 1 aliphatic heterocycles. The van der Waals surface area contributed by atoms with Crippen molar-refractivity contribution in [1.29, 1.82) is 0 Å².